The van der Waals surface area contributed by atoms with E-state index in [0.29, 0.717) is 23.1 Å². The fraction of sp³-hybridized carbons (Fsp3) is 0.0769. The van der Waals surface area contributed by atoms with Gasteiger partial charge in [0.15, 0.2) is 0 Å². The molecule has 1 aromatic carbocycles. The molecule has 4 nitrogen and oxygen atoms in total. The van der Waals surface area contributed by atoms with Crippen molar-refractivity contribution < 1.29 is 4.74 Å². The normalized spacial score (nSPS) is 10.1. The van der Waals surface area contributed by atoms with Crippen LogP contribution in [0.3, 0.4) is 0 Å². The van der Waals surface area contributed by atoms with Gasteiger partial charge in [0.25, 0.3) is 0 Å². The molecule has 0 fully saturated rings. The number of rotatable bonds is 4. The van der Waals surface area contributed by atoms with Crippen molar-refractivity contribution in [3.05, 3.63) is 58.7 Å². The lowest BCUT2D eigenvalue weighted by Gasteiger charge is -2.07. The number of nitrogens with zero attached hydrogens (tertiary/aromatic N) is 1. The van der Waals surface area contributed by atoms with E-state index >= 15 is 0 Å². The highest BCUT2D eigenvalue weighted by Gasteiger charge is 2.02. The molecule has 3 N–H and O–H groups in total. The van der Waals surface area contributed by atoms with Crippen LogP contribution in [0.1, 0.15) is 11.1 Å². The average Bonchev–Trinajstić information content (AvgIpc) is 2.38. The Labute approximate surface area is 110 Å². The van der Waals surface area contributed by atoms with Crippen molar-refractivity contribution in [2.24, 2.45) is 5.73 Å². The molecule has 0 unspecified atom stereocenters. The van der Waals surface area contributed by atoms with Crippen LogP contribution in [0.5, 0.6) is 5.88 Å². The van der Waals surface area contributed by atoms with Gasteiger partial charge < -0.3 is 10.5 Å². The molecule has 1 heterocycles. The molecule has 0 atom stereocenters. The van der Waals surface area contributed by atoms with Crippen LogP contribution in [0.4, 0.5) is 0 Å². The first-order valence-corrected chi connectivity index (χ1v) is 5.71. The second-order valence-corrected chi connectivity index (χ2v) is 4.09. The molecule has 92 valence electrons. The fourth-order valence-corrected chi connectivity index (χ4v) is 1.58. The molecule has 18 heavy (non-hydrogen) atoms. The van der Waals surface area contributed by atoms with Crippen LogP contribution in [0.15, 0.2) is 42.6 Å². The van der Waals surface area contributed by atoms with Crippen LogP contribution in [0.2, 0.25) is 5.02 Å². The van der Waals surface area contributed by atoms with Crippen molar-refractivity contribution in [2.45, 2.75) is 6.61 Å². The van der Waals surface area contributed by atoms with Crippen LogP contribution in [0.25, 0.3) is 0 Å². The van der Waals surface area contributed by atoms with Gasteiger partial charge in [-0.15, -0.1) is 0 Å². The largest absolute Gasteiger partial charge is 0.473 e. The Kier molecular flexibility index (Phi) is 3.79. The number of nitrogens with one attached hydrogen (secondary N) is 1. The molecule has 2 aromatic rings. The third-order valence-electron chi connectivity index (χ3n) is 2.38. The number of nitrogen functional groups attached to an aromatic ring is 1. The number of amidine groups is 1. The minimum Gasteiger partial charge on any atom is -0.473 e. The van der Waals surface area contributed by atoms with E-state index in [2.05, 4.69) is 4.98 Å². The van der Waals surface area contributed by atoms with E-state index in [0.717, 1.165) is 5.56 Å². The number of nitrogens with two attached hydrogens (primary N) is 1. The lowest BCUT2D eigenvalue weighted by atomic mass is 10.2. The van der Waals surface area contributed by atoms with Crippen LogP contribution < -0.4 is 10.5 Å². The summed E-state index contributed by atoms with van der Waals surface area (Å²) in [6.07, 6.45) is 1.50. The Bertz CT molecular complexity index is 554. The molecule has 5 heteroatoms. The zero-order chi connectivity index (χ0) is 13.0. The molecule has 1 aromatic heterocycles. The number of pyridine rings is 1. The average molecular weight is 262 g/mol. The lowest BCUT2D eigenvalue weighted by Crippen LogP contribution is -2.11. The fourth-order valence-electron chi connectivity index (χ4n) is 1.39. The van der Waals surface area contributed by atoms with Crippen LogP contribution in [-0.2, 0) is 6.61 Å². The van der Waals surface area contributed by atoms with Gasteiger partial charge in [-0.1, -0.05) is 29.8 Å². The van der Waals surface area contributed by atoms with Gasteiger partial charge >= 0.3 is 0 Å². The maximum absolute atomic E-state index is 7.25. The number of halogens is 1. The van der Waals surface area contributed by atoms with E-state index in [4.69, 9.17) is 27.5 Å². The van der Waals surface area contributed by atoms with Gasteiger partial charge in [-0.2, -0.15) is 0 Å². The van der Waals surface area contributed by atoms with Gasteiger partial charge in [0.1, 0.15) is 12.4 Å². The van der Waals surface area contributed by atoms with Gasteiger partial charge in [0.2, 0.25) is 5.88 Å². The predicted molar refractivity (Wildman–Crippen MR) is 71.0 cm³/mol. The first-order chi connectivity index (χ1) is 8.66. The van der Waals surface area contributed by atoms with Gasteiger partial charge in [-0.3, -0.25) is 5.41 Å². The third kappa shape index (κ3) is 2.99. The zero-order valence-electron chi connectivity index (χ0n) is 9.56. The molecule has 0 aliphatic carbocycles. The SMILES string of the molecule is N=C(N)c1ccc(OCc2ccccc2Cl)nc1. The van der Waals surface area contributed by atoms with E-state index in [1.165, 1.54) is 6.20 Å². The lowest BCUT2D eigenvalue weighted by molar-refractivity contribution is 0.294. The summed E-state index contributed by atoms with van der Waals surface area (Å²) in [4.78, 5) is 4.06. The summed E-state index contributed by atoms with van der Waals surface area (Å²) < 4.78 is 5.50. The maximum atomic E-state index is 7.25. The number of hydrogen-bond donors (Lipinski definition) is 2. The van der Waals surface area contributed by atoms with Crippen LogP contribution in [-0.4, -0.2) is 10.8 Å². The molecule has 0 aliphatic heterocycles. The maximum Gasteiger partial charge on any atom is 0.213 e. The third-order valence-corrected chi connectivity index (χ3v) is 2.75. The topological polar surface area (TPSA) is 72.0 Å². The molecule has 0 aliphatic rings. The summed E-state index contributed by atoms with van der Waals surface area (Å²) in [6, 6.07) is 10.8. The van der Waals surface area contributed by atoms with Crippen molar-refractivity contribution in [3.8, 4) is 5.88 Å². The van der Waals surface area contributed by atoms with E-state index in [-0.39, 0.29) is 5.84 Å². The Morgan fingerprint density at radius 2 is 2.06 bits per heavy atom. The Hall–Kier alpha value is -2.07. The molecule has 0 saturated heterocycles. The van der Waals surface area contributed by atoms with Crippen LogP contribution >= 0.6 is 11.6 Å². The summed E-state index contributed by atoms with van der Waals surface area (Å²) in [7, 11) is 0. The highest BCUT2D eigenvalue weighted by Crippen LogP contribution is 2.17. The number of hydrogen-bond acceptors (Lipinski definition) is 3. The first-order valence-electron chi connectivity index (χ1n) is 5.33. The van der Waals surface area contributed by atoms with Crippen LogP contribution in [0, 0.1) is 5.41 Å². The number of aromatic nitrogens is 1. The minimum absolute atomic E-state index is 0.0137. The van der Waals surface area contributed by atoms with Crippen molar-refractivity contribution in [1.29, 1.82) is 5.41 Å². The van der Waals surface area contributed by atoms with E-state index in [1.54, 1.807) is 12.1 Å². The number of ether oxygens (including phenoxy) is 1. The summed E-state index contributed by atoms with van der Waals surface area (Å²) >= 11 is 6.01. The second kappa shape index (κ2) is 5.51. The molecule has 0 amide bonds. The standard InChI is InChI=1S/C13H12ClN3O/c14-11-4-2-1-3-10(11)8-18-12-6-5-9(7-17-12)13(15)16/h1-7H,8H2,(H3,15,16). The van der Waals surface area contributed by atoms with Gasteiger partial charge in [0.05, 0.1) is 0 Å². The van der Waals surface area contributed by atoms with Crippen molar-refractivity contribution >= 4 is 17.4 Å². The molecule has 0 radical (unpaired) electrons. The molecular weight excluding hydrogens is 250 g/mol. The van der Waals surface area contributed by atoms with Crippen molar-refractivity contribution in [1.82, 2.24) is 4.98 Å². The van der Waals surface area contributed by atoms with Crippen molar-refractivity contribution in [3.63, 3.8) is 0 Å². The van der Waals surface area contributed by atoms with Gasteiger partial charge in [0, 0.05) is 28.4 Å². The summed E-state index contributed by atoms with van der Waals surface area (Å²) in [5.41, 5.74) is 6.80. The molecule has 0 bridgehead atoms. The molecule has 0 saturated carbocycles. The van der Waals surface area contributed by atoms with E-state index in [9.17, 15) is 0 Å². The van der Waals surface area contributed by atoms with Crippen molar-refractivity contribution in [2.75, 3.05) is 0 Å². The monoisotopic (exact) mass is 261 g/mol. The minimum atomic E-state index is -0.0137. The highest BCUT2D eigenvalue weighted by molar-refractivity contribution is 6.31. The van der Waals surface area contributed by atoms with E-state index in [1.807, 2.05) is 24.3 Å². The number of benzene rings is 1. The summed E-state index contributed by atoms with van der Waals surface area (Å²) in [6.45, 7) is 0.353. The molecule has 2 rings (SSSR count). The smallest absolute Gasteiger partial charge is 0.213 e. The van der Waals surface area contributed by atoms with Gasteiger partial charge in [-0.25, -0.2) is 4.98 Å². The predicted octanol–water partition coefficient (Wildman–Crippen LogP) is 2.60. The first kappa shape index (κ1) is 12.4. The molecular formula is C13H12ClN3O. The zero-order valence-corrected chi connectivity index (χ0v) is 10.3. The quantitative estimate of drug-likeness (QED) is 0.656. The Morgan fingerprint density at radius 3 is 2.67 bits per heavy atom. The van der Waals surface area contributed by atoms with Gasteiger partial charge in [-0.05, 0) is 12.1 Å². The summed E-state index contributed by atoms with van der Waals surface area (Å²) in [5.74, 6) is 0.458. The Balaban J connectivity index is 2.02. The van der Waals surface area contributed by atoms with E-state index < -0.39 is 0 Å². The second-order valence-electron chi connectivity index (χ2n) is 3.68. The summed E-state index contributed by atoms with van der Waals surface area (Å²) in [5, 5.41) is 7.91. The highest BCUT2D eigenvalue weighted by atomic mass is 35.5. The Morgan fingerprint density at radius 1 is 1.28 bits per heavy atom. The molecule has 0 spiro atoms.